The SMILES string of the molecule is O=C1CCCC2(CC1)COCCO2. The topological polar surface area (TPSA) is 35.5 Å². The number of ether oxygens (including phenoxy) is 2. The third-order valence-corrected chi connectivity index (χ3v) is 2.95. The lowest BCUT2D eigenvalue weighted by Gasteiger charge is -2.36. The smallest absolute Gasteiger partial charge is 0.133 e. The maximum Gasteiger partial charge on any atom is 0.133 e. The first-order valence-electron chi connectivity index (χ1n) is 5.04. The first kappa shape index (κ1) is 9.16. The molecule has 0 aromatic rings. The van der Waals surface area contributed by atoms with Crippen LogP contribution in [0.4, 0.5) is 0 Å². The summed E-state index contributed by atoms with van der Waals surface area (Å²) in [4.78, 5) is 11.2. The van der Waals surface area contributed by atoms with Gasteiger partial charge in [0.2, 0.25) is 0 Å². The fraction of sp³-hybridized carbons (Fsp3) is 0.900. The minimum absolute atomic E-state index is 0.121. The molecule has 1 unspecified atom stereocenters. The molecule has 1 saturated heterocycles. The highest BCUT2D eigenvalue weighted by atomic mass is 16.6. The third-order valence-electron chi connectivity index (χ3n) is 2.95. The highest BCUT2D eigenvalue weighted by Gasteiger charge is 2.35. The standard InChI is InChI=1S/C10H16O3/c11-9-2-1-4-10(5-3-9)8-12-6-7-13-10/h1-8H2. The molecule has 0 N–H and O–H groups in total. The molecule has 1 aliphatic heterocycles. The van der Waals surface area contributed by atoms with E-state index in [1.54, 1.807) is 0 Å². The van der Waals surface area contributed by atoms with Crippen molar-refractivity contribution in [3.05, 3.63) is 0 Å². The molecule has 2 rings (SSSR count). The summed E-state index contributed by atoms with van der Waals surface area (Å²) < 4.78 is 11.2. The summed E-state index contributed by atoms with van der Waals surface area (Å²) in [5.41, 5.74) is -0.121. The number of hydrogen-bond acceptors (Lipinski definition) is 3. The van der Waals surface area contributed by atoms with E-state index in [2.05, 4.69) is 0 Å². The van der Waals surface area contributed by atoms with Gasteiger partial charge in [-0.05, 0) is 19.3 Å². The molecular weight excluding hydrogens is 168 g/mol. The Morgan fingerprint density at radius 3 is 2.85 bits per heavy atom. The second kappa shape index (κ2) is 3.76. The Morgan fingerprint density at radius 2 is 2.08 bits per heavy atom. The molecule has 13 heavy (non-hydrogen) atoms. The van der Waals surface area contributed by atoms with Gasteiger partial charge in [-0.15, -0.1) is 0 Å². The zero-order valence-corrected chi connectivity index (χ0v) is 7.88. The van der Waals surface area contributed by atoms with Gasteiger partial charge >= 0.3 is 0 Å². The molecule has 0 bridgehead atoms. The van der Waals surface area contributed by atoms with E-state index in [0.29, 0.717) is 32.0 Å². The second-order valence-corrected chi connectivity index (χ2v) is 3.98. The highest BCUT2D eigenvalue weighted by Crippen LogP contribution is 2.31. The minimum atomic E-state index is -0.121. The van der Waals surface area contributed by atoms with Crippen molar-refractivity contribution < 1.29 is 14.3 Å². The van der Waals surface area contributed by atoms with Gasteiger partial charge in [0.05, 0.1) is 25.4 Å². The van der Waals surface area contributed by atoms with Gasteiger partial charge in [0, 0.05) is 12.8 Å². The van der Waals surface area contributed by atoms with E-state index in [9.17, 15) is 4.79 Å². The Kier molecular flexibility index (Phi) is 2.65. The van der Waals surface area contributed by atoms with Crippen molar-refractivity contribution >= 4 is 5.78 Å². The van der Waals surface area contributed by atoms with Gasteiger partial charge < -0.3 is 9.47 Å². The van der Waals surface area contributed by atoms with E-state index in [-0.39, 0.29) is 5.60 Å². The summed E-state index contributed by atoms with van der Waals surface area (Å²) in [7, 11) is 0. The van der Waals surface area contributed by atoms with Crippen molar-refractivity contribution in [3.8, 4) is 0 Å². The number of rotatable bonds is 0. The molecule has 1 atom stereocenters. The van der Waals surface area contributed by atoms with Crippen LogP contribution in [0.1, 0.15) is 32.1 Å². The molecule has 1 spiro atoms. The molecular formula is C10H16O3. The van der Waals surface area contributed by atoms with Crippen molar-refractivity contribution in [3.63, 3.8) is 0 Å². The van der Waals surface area contributed by atoms with Crippen LogP contribution in [0.15, 0.2) is 0 Å². The number of ketones is 1. The molecule has 0 radical (unpaired) electrons. The van der Waals surface area contributed by atoms with E-state index in [1.807, 2.05) is 0 Å². The zero-order valence-electron chi connectivity index (χ0n) is 7.88. The zero-order chi connectivity index (χ0) is 9.15. The van der Waals surface area contributed by atoms with Crippen molar-refractivity contribution in [2.75, 3.05) is 19.8 Å². The molecule has 2 aliphatic rings. The summed E-state index contributed by atoms with van der Waals surface area (Å²) in [6.45, 7) is 2.07. The minimum Gasteiger partial charge on any atom is -0.376 e. The Labute approximate surface area is 78.4 Å². The van der Waals surface area contributed by atoms with Crippen LogP contribution in [0, 0.1) is 0 Å². The van der Waals surface area contributed by atoms with Crippen molar-refractivity contribution in [1.82, 2.24) is 0 Å². The second-order valence-electron chi connectivity index (χ2n) is 3.98. The van der Waals surface area contributed by atoms with Crippen LogP contribution in [0.3, 0.4) is 0 Å². The Balaban J connectivity index is 1.99. The Hall–Kier alpha value is -0.410. The summed E-state index contributed by atoms with van der Waals surface area (Å²) in [6, 6.07) is 0. The summed E-state index contributed by atoms with van der Waals surface area (Å²) in [5, 5.41) is 0. The number of carbonyl (C=O) groups excluding carboxylic acids is 1. The maximum atomic E-state index is 11.2. The molecule has 0 aromatic carbocycles. The normalized spacial score (nSPS) is 36.2. The molecule has 1 saturated carbocycles. The predicted octanol–water partition coefficient (Wildman–Crippen LogP) is 1.31. The molecule has 1 aliphatic carbocycles. The number of Topliss-reactive ketones (excluding diaryl/α,β-unsaturated/α-hetero) is 1. The summed E-state index contributed by atoms with van der Waals surface area (Å²) in [6.07, 6.45) is 4.20. The molecule has 0 aromatic heterocycles. The van der Waals surface area contributed by atoms with Gasteiger partial charge in [-0.25, -0.2) is 0 Å². The maximum absolute atomic E-state index is 11.2. The van der Waals surface area contributed by atoms with E-state index in [4.69, 9.17) is 9.47 Å². The van der Waals surface area contributed by atoms with Crippen LogP contribution in [-0.4, -0.2) is 31.2 Å². The first-order valence-corrected chi connectivity index (χ1v) is 5.04. The van der Waals surface area contributed by atoms with E-state index >= 15 is 0 Å². The molecule has 3 nitrogen and oxygen atoms in total. The average molecular weight is 184 g/mol. The van der Waals surface area contributed by atoms with Crippen molar-refractivity contribution in [2.24, 2.45) is 0 Å². The van der Waals surface area contributed by atoms with Crippen molar-refractivity contribution in [2.45, 2.75) is 37.7 Å². The lowest BCUT2D eigenvalue weighted by molar-refractivity contribution is -0.163. The van der Waals surface area contributed by atoms with Gasteiger partial charge in [0.15, 0.2) is 0 Å². The fourth-order valence-electron chi connectivity index (χ4n) is 2.13. The quantitative estimate of drug-likeness (QED) is 0.569. The van der Waals surface area contributed by atoms with Gasteiger partial charge in [0.1, 0.15) is 5.78 Å². The third kappa shape index (κ3) is 2.09. The van der Waals surface area contributed by atoms with Gasteiger partial charge in [-0.2, -0.15) is 0 Å². The monoisotopic (exact) mass is 184 g/mol. The lowest BCUT2D eigenvalue weighted by atomic mass is 9.94. The van der Waals surface area contributed by atoms with E-state index in [0.717, 1.165) is 25.7 Å². The van der Waals surface area contributed by atoms with Gasteiger partial charge in [-0.3, -0.25) is 4.79 Å². The molecule has 0 amide bonds. The molecule has 74 valence electrons. The van der Waals surface area contributed by atoms with E-state index in [1.165, 1.54) is 0 Å². The first-order chi connectivity index (χ1) is 6.31. The summed E-state index contributed by atoms with van der Waals surface area (Å²) in [5.74, 6) is 0.381. The number of carbonyl (C=O) groups is 1. The average Bonchev–Trinajstić information content (AvgIpc) is 2.32. The molecule has 1 heterocycles. The van der Waals surface area contributed by atoms with Crippen LogP contribution in [-0.2, 0) is 14.3 Å². The Morgan fingerprint density at radius 1 is 1.15 bits per heavy atom. The van der Waals surface area contributed by atoms with Crippen LogP contribution >= 0.6 is 0 Å². The van der Waals surface area contributed by atoms with Crippen LogP contribution < -0.4 is 0 Å². The van der Waals surface area contributed by atoms with Gasteiger partial charge in [-0.1, -0.05) is 0 Å². The summed E-state index contributed by atoms with van der Waals surface area (Å²) >= 11 is 0. The van der Waals surface area contributed by atoms with Crippen LogP contribution in [0.5, 0.6) is 0 Å². The molecule has 2 fully saturated rings. The van der Waals surface area contributed by atoms with E-state index < -0.39 is 0 Å². The Bertz CT molecular complexity index is 194. The largest absolute Gasteiger partial charge is 0.376 e. The lowest BCUT2D eigenvalue weighted by Crippen LogP contribution is -2.42. The fourth-order valence-corrected chi connectivity index (χ4v) is 2.13. The number of hydrogen-bond donors (Lipinski definition) is 0. The highest BCUT2D eigenvalue weighted by molar-refractivity contribution is 5.78. The van der Waals surface area contributed by atoms with Gasteiger partial charge in [0.25, 0.3) is 0 Å². The predicted molar refractivity (Wildman–Crippen MR) is 47.6 cm³/mol. The molecule has 3 heteroatoms. The van der Waals surface area contributed by atoms with Crippen molar-refractivity contribution in [1.29, 1.82) is 0 Å². The van der Waals surface area contributed by atoms with Crippen LogP contribution in [0.2, 0.25) is 0 Å². The van der Waals surface area contributed by atoms with Crippen LogP contribution in [0.25, 0.3) is 0 Å².